The lowest BCUT2D eigenvalue weighted by atomic mass is 9.98. The largest absolute Gasteiger partial charge is 0.314 e. The maximum absolute atomic E-state index is 3.67. The van der Waals surface area contributed by atoms with Gasteiger partial charge in [0.25, 0.3) is 0 Å². The third kappa shape index (κ3) is 2.98. The molecule has 2 aliphatic rings. The zero-order valence-electron chi connectivity index (χ0n) is 11.0. The van der Waals surface area contributed by atoms with Gasteiger partial charge in [-0.25, -0.2) is 0 Å². The van der Waals surface area contributed by atoms with Crippen molar-refractivity contribution >= 4 is 0 Å². The van der Waals surface area contributed by atoms with Crippen LogP contribution in [-0.2, 0) is 0 Å². The molecule has 1 saturated heterocycles. The molecule has 0 aromatic rings. The summed E-state index contributed by atoms with van der Waals surface area (Å²) in [5.74, 6) is 0.945. The van der Waals surface area contributed by atoms with Gasteiger partial charge < -0.3 is 10.2 Å². The minimum Gasteiger partial charge on any atom is -0.314 e. The van der Waals surface area contributed by atoms with Crippen LogP contribution in [0.25, 0.3) is 0 Å². The highest BCUT2D eigenvalue weighted by atomic mass is 15.2. The van der Waals surface area contributed by atoms with Gasteiger partial charge in [0.05, 0.1) is 0 Å². The number of nitrogens with one attached hydrogen (secondary N) is 1. The molecule has 0 bridgehead atoms. The molecule has 2 heteroatoms. The topological polar surface area (TPSA) is 15.3 Å². The van der Waals surface area contributed by atoms with E-state index in [4.69, 9.17) is 0 Å². The van der Waals surface area contributed by atoms with Crippen LogP contribution in [0, 0.1) is 5.92 Å². The van der Waals surface area contributed by atoms with E-state index in [-0.39, 0.29) is 0 Å². The van der Waals surface area contributed by atoms with Crippen LogP contribution < -0.4 is 5.32 Å². The Morgan fingerprint density at radius 1 is 1.12 bits per heavy atom. The highest BCUT2D eigenvalue weighted by Crippen LogP contribution is 2.31. The minimum atomic E-state index is 0.799. The van der Waals surface area contributed by atoms with Crippen molar-refractivity contribution in [3.8, 4) is 0 Å². The first-order chi connectivity index (χ1) is 7.81. The van der Waals surface area contributed by atoms with E-state index < -0.39 is 0 Å². The standard InChI is InChI=1S/C14H28N2/c1-3-9-15-13-7-10-16(11-8-13)14-6-4-5-12(14)2/h12-15H,3-11H2,1-2H3. The van der Waals surface area contributed by atoms with Crippen LogP contribution in [0.3, 0.4) is 0 Å². The summed E-state index contributed by atoms with van der Waals surface area (Å²) in [5.41, 5.74) is 0. The average Bonchev–Trinajstić information content (AvgIpc) is 2.74. The monoisotopic (exact) mass is 224 g/mol. The molecule has 0 aromatic carbocycles. The highest BCUT2D eigenvalue weighted by molar-refractivity contribution is 4.87. The fourth-order valence-corrected chi connectivity index (χ4v) is 3.45. The summed E-state index contributed by atoms with van der Waals surface area (Å²) in [4.78, 5) is 2.77. The second-order valence-electron chi connectivity index (χ2n) is 5.74. The first-order valence-corrected chi connectivity index (χ1v) is 7.28. The van der Waals surface area contributed by atoms with Crippen molar-refractivity contribution in [3.63, 3.8) is 0 Å². The van der Waals surface area contributed by atoms with Gasteiger partial charge in [-0.15, -0.1) is 0 Å². The highest BCUT2D eigenvalue weighted by Gasteiger charge is 2.31. The molecule has 0 amide bonds. The summed E-state index contributed by atoms with van der Waals surface area (Å²) in [7, 11) is 0. The van der Waals surface area contributed by atoms with Crippen molar-refractivity contribution in [3.05, 3.63) is 0 Å². The summed E-state index contributed by atoms with van der Waals surface area (Å²) < 4.78 is 0. The molecular weight excluding hydrogens is 196 g/mol. The maximum atomic E-state index is 3.67. The van der Waals surface area contributed by atoms with Crippen molar-refractivity contribution in [2.45, 2.75) is 64.5 Å². The minimum absolute atomic E-state index is 0.799. The van der Waals surface area contributed by atoms with E-state index in [0.29, 0.717) is 0 Å². The quantitative estimate of drug-likeness (QED) is 0.790. The Kier molecular flexibility index (Phi) is 4.66. The molecule has 1 N–H and O–H groups in total. The molecule has 1 aliphatic carbocycles. The van der Waals surface area contributed by atoms with Crippen molar-refractivity contribution in [2.75, 3.05) is 19.6 Å². The third-order valence-corrected chi connectivity index (χ3v) is 4.50. The summed E-state index contributed by atoms with van der Waals surface area (Å²) in [6.07, 6.45) is 8.36. The number of likely N-dealkylation sites (tertiary alicyclic amines) is 1. The van der Waals surface area contributed by atoms with E-state index in [9.17, 15) is 0 Å². The second-order valence-corrected chi connectivity index (χ2v) is 5.74. The smallest absolute Gasteiger partial charge is 0.0121 e. The Bertz CT molecular complexity index is 197. The van der Waals surface area contributed by atoms with E-state index in [1.807, 2.05) is 0 Å². The lowest BCUT2D eigenvalue weighted by Crippen LogP contribution is -2.47. The van der Waals surface area contributed by atoms with E-state index in [0.717, 1.165) is 18.0 Å². The summed E-state index contributed by atoms with van der Waals surface area (Å²) >= 11 is 0. The Labute approximate surface area is 101 Å². The molecule has 1 heterocycles. The lowest BCUT2D eigenvalue weighted by molar-refractivity contribution is 0.122. The molecular formula is C14H28N2. The first-order valence-electron chi connectivity index (χ1n) is 7.28. The number of nitrogens with zero attached hydrogens (tertiary/aromatic N) is 1. The van der Waals surface area contributed by atoms with Gasteiger partial charge in [-0.3, -0.25) is 0 Å². The van der Waals surface area contributed by atoms with Crippen molar-refractivity contribution < 1.29 is 0 Å². The Morgan fingerprint density at radius 3 is 2.44 bits per heavy atom. The summed E-state index contributed by atoms with van der Waals surface area (Å²) in [6, 6.07) is 1.71. The molecule has 2 nitrogen and oxygen atoms in total. The predicted octanol–water partition coefficient (Wildman–Crippen LogP) is 2.64. The van der Waals surface area contributed by atoms with Crippen molar-refractivity contribution in [2.24, 2.45) is 5.92 Å². The number of rotatable bonds is 4. The molecule has 16 heavy (non-hydrogen) atoms. The fourth-order valence-electron chi connectivity index (χ4n) is 3.45. The van der Waals surface area contributed by atoms with Crippen LogP contribution in [0.2, 0.25) is 0 Å². The van der Waals surface area contributed by atoms with Gasteiger partial charge in [-0.05, 0) is 57.7 Å². The van der Waals surface area contributed by atoms with E-state index in [1.165, 1.54) is 58.2 Å². The SMILES string of the molecule is CCCNC1CCN(C2CCCC2C)CC1. The Hall–Kier alpha value is -0.0800. The number of hydrogen-bond donors (Lipinski definition) is 1. The second kappa shape index (κ2) is 6.02. The van der Waals surface area contributed by atoms with Crippen molar-refractivity contribution in [1.82, 2.24) is 10.2 Å². The predicted molar refractivity (Wildman–Crippen MR) is 69.7 cm³/mol. The van der Waals surface area contributed by atoms with E-state index >= 15 is 0 Å². The van der Waals surface area contributed by atoms with Gasteiger partial charge in [0.15, 0.2) is 0 Å². The molecule has 2 fully saturated rings. The Balaban J connectivity index is 1.72. The van der Waals surface area contributed by atoms with E-state index in [2.05, 4.69) is 24.1 Å². The van der Waals surface area contributed by atoms with Gasteiger partial charge in [0, 0.05) is 12.1 Å². The van der Waals surface area contributed by atoms with Gasteiger partial charge in [0.2, 0.25) is 0 Å². The van der Waals surface area contributed by atoms with Crippen LogP contribution in [0.1, 0.15) is 52.4 Å². The normalized spacial score (nSPS) is 33.4. The van der Waals surface area contributed by atoms with Crippen LogP contribution in [-0.4, -0.2) is 36.6 Å². The number of piperidine rings is 1. The van der Waals surface area contributed by atoms with Crippen LogP contribution in [0.4, 0.5) is 0 Å². The van der Waals surface area contributed by atoms with Gasteiger partial charge in [0.1, 0.15) is 0 Å². The number of hydrogen-bond acceptors (Lipinski definition) is 2. The molecule has 1 saturated carbocycles. The maximum Gasteiger partial charge on any atom is 0.0121 e. The van der Waals surface area contributed by atoms with Gasteiger partial charge >= 0.3 is 0 Å². The summed E-state index contributed by atoms with van der Waals surface area (Å²) in [6.45, 7) is 8.55. The Morgan fingerprint density at radius 2 is 1.88 bits per heavy atom. The zero-order valence-corrected chi connectivity index (χ0v) is 11.0. The fraction of sp³-hybridized carbons (Fsp3) is 1.00. The average molecular weight is 224 g/mol. The molecule has 94 valence electrons. The van der Waals surface area contributed by atoms with Crippen molar-refractivity contribution in [1.29, 1.82) is 0 Å². The molecule has 1 aliphatic heterocycles. The lowest BCUT2D eigenvalue weighted by Gasteiger charge is -2.38. The molecule has 2 atom stereocenters. The molecule has 2 rings (SSSR count). The molecule has 0 radical (unpaired) electrons. The summed E-state index contributed by atoms with van der Waals surface area (Å²) in [5, 5.41) is 3.67. The van der Waals surface area contributed by atoms with Crippen LogP contribution >= 0.6 is 0 Å². The zero-order chi connectivity index (χ0) is 11.4. The van der Waals surface area contributed by atoms with E-state index in [1.54, 1.807) is 0 Å². The molecule has 0 spiro atoms. The third-order valence-electron chi connectivity index (χ3n) is 4.50. The molecule has 0 aromatic heterocycles. The van der Waals surface area contributed by atoms with Gasteiger partial charge in [-0.1, -0.05) is 20.3 Å². The first kappa shape index (κ1) is 12.4. The van der Waals surface area contributed by atoms with Crippen LogP contribution in [0.15, 0.2) is 0 Å². The van der Waals surface area contributed by atoms with Crippen LogP contribution in [0.5, 0.6) is 0 Å². The molecule has 2 unspecified atom stereocenters. The van der Waals surface area contributed by atoms with Gasteiger partial charge in [-0.2, -0.15) is 0 Å².